The fraction of sp³-hybridized carbons (Fsp3) is 0. The van der Waals surface area contributed by atoms with E-state index in [1.165, 1.54) is 37.9 Å². The fourth-order valence-electron chi connectivity index (χ4n) is 7.45. The first-order chi connectivity index (χ1) is 24.8. The molecule has 3 aromatic heterocycles. The van der Waals surface area contributed by atoms with Crippen LogP contribution in [0.15, 0.2) is 176 Å². The summed E-state index contributed by atoms with van der Waals surface area (Å²) in [4.78, 5) is 15.0. The smallest absolute Gasteiger partial charge is 0.0795 e. The number of hydrogen-bond acceptors (Lipinski definition) is 3. The lowest BCUT2D eigenvalue weighted by atomic mass is 9.91. The van der Waals surface area contributed by atoms with Crippen molar-refractivity contribution in [3.05, 3.63) is 176 Å². The molecule has 10 rings (SSSR count). The Morgan fingerprint density at radius 1 is 0.340 bits per heavy atom. The molecule has 0 spiro atoms. The predicted octanol–water partition coefficient (Wildman–Crippen LogP) is 12.3. The van der Waals surface area contributed by atoms with Crippen LogP contribution in [-0.2, 0) is 0 Å². The lowest BCUT2D eigenvalue weighted by Gasteiger charge is -2.15. The normalized spacial score (nSPS) is 11.6. The van der Waals surface area contributed by atoms with Gasteiger partial charge < -0.3 is 0 Å². The molecule has 3 heteroatoms. The van der Waals surface area contributed by atoms with E-state index in [2.05, 4.69) is 163 Å². The van der Waals surface area contributed by atoms with Crippen molar-refractivity contribution in [2.24, 2.45) is 0 Å². The lowest BCUT2D eigenvalue weighted by Crippen LogP contribution is -1.93. The molecule has 232 valence electrons. The summed E-state index contributed by atoms with van der Waals surface area (Å²) in [6, 6.07) is 58.3. The van der Waals surface area contributed by atoms with E-state index in [0.29, 0.717) is 0 Å². The van der Waals surface area contributed by atoms with E-state index in [0.717, 1.165) is 61.0 Å². The van der Waals surface area contributed by atoms with Crippen molar-refractivity contribution in [1.82, 2.24) is 15.0 Å². The van der Waals surface area contributed by atoms with E-state index in [-0.39, 0.29) is 0 Å². The van der Waals surface area contributed by atoms with Crippen LogP contribution in [0.2, 0.25) is 0 Å². The second kappa shape index (κ2) is 11.5. The van der Waals surface area contributed by atoms with Crippen LogP contribution in [0, 0.1) is 0 Å². The number of hydrogen-bond donors (Lipinski definition) is 0. The minimum Gasteiger partial charge on any atom is -0.256 e. The van der Waals surface area contributed by atoms with Crippen molar-refractivity contribution in [2.45, 2.75) is 0 Å². The zero-order valence-corrected chi connectivity index (χ0v) is 27.1. The van der Waals surface area contributed by atoms with Gasteiger partial charge in [-0.2, -0.15) is 0 Å². The molecule has 0 aliphatic heterocycles. The molecule has 0 bridgehead atoms. The van der Waals surface area contributed by atoms with E-state index >= 15 is 0 Å². The fourth-order valence-corrected chi connectivity index (χ4v) is 7.45. The minimum atomic E-state index is 0.898. The first kappa shape index (κ1) is 28.3. The molecule has 50 heavy (non-hydrogen) atoms. The van der Waals surface area contributed by atoms with Gasteiger partial charge >= 0.3 is 0 Å². The number of rotatable bonds is 4. The highest BCUT2D eigenvalue weighted by molar-refractivity contribution is 6.14. The van der Waals surface area contributed by atoms with Crippen molar-refractivity contribution in [3.8, 4) is 44.8 Å². The number of pyridine rings is 3. The molecule has 0 saturated heterocycles. The summed E-state index contributed by atoms with van der Waals surface area (Å²) in [6.07, 6.45) is 3.84. The Morgan fingerprint density at radius 2 is 1.06 bits per heavy atom. The van der Waals surface area contributed by atoms with Crippen molar-refractivity contribution in [2.75, 3.05) is 0 Å². The summed E-state index contributed by atoms with van der Waals surface area (Å²) < 4.78 is 0. The lowest BCUT2D eigenvalue weighted by molar-refractivity contribution is 1.32. The van der Waals surface area contributed by atoms with E-state index in [1.807, 2.05) is 18.5 Å². The minimum absolute atomic E-state index is 0.898. The van der Waals surface area contributed by atoms with Crippen LogP contribution < -0.4 is 0 Å². The van der Waals surface area contributed by atoms with Crippen molar-refractivity contribution in [3.63, 3.8) is 0 Å². The van der Waals surface area contributed by atoms with Crippen molar-refractivity contribution < 1.29 is 0 Å². The van der Waals surface area contributed by atoms with Crippen LogP contribution in [-0.4, -0.2) is 15.0 Å². The molecule has 0 aliphatic rings. The predicted molar refractivity (Wildman–Crippen MR) is 209 cm³/mol. The molecule has 0 amide bonds. The Kier molecular flexibility index (Phi) is 6.49. The van der Waals surface area contributed by atoms with Crippen LogP contribution in [0.25, 0.3) is 98.9 Å². The standard InChI is InChI=1S/C47H29N3/c1-2-10-32-25-35(19-18-30(32)9-1)46-28-42(36-21-22-44(49-29-36)40-17-7-12-31-13-8-24-48-47(31)40)43-27-34(20-23-45(43)50-46)41-26-33-11-3-4-14-37(33)38-15-5-6-16-39(38)41/h1-29H. The molecule has 0 radical (unpaired) electrons. The van der Waals surface area contributed by atoms with Gasteiger partial charge in [0.1, 0.15) is 0 Å². The first-order valence-electron chi connectivity index (χ1n) is 16.9. The largest absolute Gasteiger partial charge is 0.256 e. The van der Waals surface area contributed by atoms with Gasteiger partial charge in [-0.1, -0.05) is 121 Å². The summed E-state index contributed by atoms with van der Waals surface area (Å²) >= 11 is 0. The van der Waals surface area contributed by atoms with Gasteiger partial charge in [0.2, 0.25) is 0 Å². The Bertz CT molecular complexity index is 2920. The van der Waals surface area contributed by atoms with Gasteiger partial charge in [-0.25, -0.2) is 4.98 Å². The molecule has 0 fully saturated rings. The number of fused-ring (bicyclic) bond motifs is 6. The van der Waals surface area contributed by atoms with Crippen LogP contribution in [0.4, 0.5) is 0 Å². The topological polar surface area (TPSA) is 38.7 Å². The van der Waals surface area contributed by atoms with E-state index in [1.54, 1.807) is 0 Å². The summed E-state index contributed by atoms with van der Waals surface area (Å²) in [6.45, 7) is 0. The maximum Gasteiger partial charge on any atom is 0.0795 e. The molecule has 3 nitrogen and oxygen atoms in total. The first-order valence-corrected chi connectivity index (χ1v) is 16.9. The van der Waals surface area contributed by atoms with Gasteiger partial charge in [-0.15, -0.1) is 0 Å². The Morgan fingerprint density at radius 3 is 1.94 bits per heavy atom. The molecular weight excluding hydrogens is 607 g/mol. The van der Waals surface area contributed by atoms with Gasteiger partial charge in [0.05, 0.1) is 22.4 Å². The Balaban J connectivity index is 1.18. The number of aromatic nitrogens is 3. The maximum absolute atomic E-state index is 5.26. The quantitative estimate of drug-likeness (QED) is 0.181. The van der Waals surface area contributed by atoms with Gasteiger partial charge in [-0.3, -0.25) is 9.97 Å². The van der Waals surface area contributed by atoms with Gasteiger partial charge in [0, 0.05) is 39.9 Å². The Labute approximate surface area is 289 Å². The molecule has 10 aromatic rings. The van der Waals surface area contributed by atoms with Crippen LogP contribution in [0.3, 0.4) is 0 Å². The Hall–Kier alpha value is -6.71. The van der Waals surface area contributed by atoms with E-state index in [9.17, 15) is 0 Å². The maximum atomic E-state index is 5.26. The second-order valence-electron chi connectivity index (χ2n) is 12.9. The zero-order valence-electron chi connectivity index (χ0n) is 27.1. The van der Waals surface area contributed by atoms with Gasteiger partial charge in [0.15, 0.2) is 0 Å². The molecule has 0 N–H and O–H groups in total. The molecule has 0 aliphatic carbocycles. The summed E-state index contributed by atoms with van der Waals surface area (Å²) in [5.74, 6) is 0. The summed E-state index contributed by atoms with van der Waals surface area (Å²) in [5.41, 5.74) is 10.3. The van der Waals surface area contributed by atoms with Crippen molar-refractivity contribution >= 4 is 54.1 Å². The molecule has 0 unspecified atom stereocenters. The van der Waals surface area contributed by atoms with Gasteiger partial charge in [-0.05, 0) is 91.5 Å². The van der Waals surface area contributed by atoms with Gasteiger partial charge in [0.25, 0.3) is 0 Å². The zero-order chi connectivity index (χ0) is 33.0. The van der Waals surface area contributed by atoms with Crippen molar-refractivity contribution in [1.29, 1.82) is 0 Å². The number of para-hydroxylation sites is 1. The highest BCUT2D eigenvalue weighted by Gasteiger charge is 2.15. The average molecular weight is 636 g/mol. The third-order valence-electron chi connectivity index (χ3n) is 9.92. The number of nitrogens with zero attached hydrogens (tertiary/aromatic N) is 3. The van der Waals surface area contributed by atoms with E-state index in [4.69, 9.17) is 9.97 Å². The summed E-state index contributed by atoms with van der Waals surface area (Å²) in [7, 11) is 0. The highest BCUT2D eigenvalue weighted by Crippen LogP contribution is 2.39. The van der Waals surface area contributed by atoms with Crippen LogP contribution >= 0.6 is 0 Å². The molecular formula is C47H29N3. The highest BCUT2D eigenvalue weighted by atomic mass is 14.7. The second-order valence-corrected chi connectivity index (χ2v) is 12.9. The average Bonchev–Trinajstić information content (AvgIpc) is 3.19. The SMILES string of the molecule is c1ccc2cc(-c3cc(-c4ccc(-c5cccc6cccnc56)nc4)c4cc(-c5cc6ccccc6c6ccccc56)ccc4n3)ccc2c1. The third-order valence-corrected chi connectivity index (χ3v) is 9.92. The molecule has 7 aromatic carbocycles. The molecule has 3 heterocycles. The summed E-state index contributed by atoms with van der Waals surface area (Å²) in [5, 5.41) is 9.59. The van der Waals surface area contributed by atoms with Crippen LogP contribution in [0.5, 0.6) is 0 Å². The van der Waals surface area contributed by atoms with E-state index < -0.39 is 0 Å². The molecule has 0 atom stereocenters. The van der Waals surface area contributed by atoms with Crippen LogP contribution in [0.1, 0.15) is 0 Å². The molecule has 0 saturated carbocycles. The third kappa shape index (κ3) is 4.71. The number of benzene rings is 7. The monoisotopic (exact) mass is 635 g/mol.